The summed E-state index contributed by atoms with van der Waals surface area (Å²) in [5.74, 6) is 3.37. The predicted octanol–water partition coefficient (Wildman–Crippen LogP) is 2.97. The van der Waals surface area contributed by atoms with Crippen LogP contribution >= 0.6 is 0 Å². The zero-order chi connectivity index (χ0) is 22.3. The van der Waals surface area contributed by atoms with Crippen LogP contribution in [0.5, 0.6) is 5.75 Å². The number of hydrogen-bond acceptors (Lipinski definition) is 4. The molecule has 7 nitrogen and oxygen atoms in total. The topological polar surface area (TPSA) is 85.2 Å². The van der Waals surface area contributed by atoms with Crippen molar-refractivity contribution in [1.29, 1.82) is 0 Å². The highest BCUT2D eigenvalue weighted by molar-refractivity contribution is 5.88. The molecule has 1 aromatic heterocycles. The Kier molecular flexibility index (Phi) is 5.43. The van der Waals surface area contributed by atoms with Crippen LogP contribution in [0.25, 0.3) is 0 Å². The second-order valence-electron chi connectivity index (χ2n) is 10.1. The van der Waals surface area contributed by atoms with Crippen LogP contribution in [-0.2, 0) is 16.6 Å². The molecule has 0 spiro atoms. The van der Waals surface area contributed by atoms with E-state index in [4.69, 9.17) is 4.74 Å². The van der Waals surface area contributed by atoms with Crippen molar-refractivity contribution in [1.82, 2.24) is 20.2 Å². The fourth-order valence-corrected chi connectivity index (χ4v) is 6.72. The van der Waals surface area contributed by atoms with E-state index in [0.29, 0.717) is 23.5 Å². The number of carbonyl (C=O) groups is 2. The molecule has 0 aliphatic heterocycles. The van der Waals surface area contributed by atoms with Gasteiger partial charge in [0.25, 0.3) is 0 Å². The van der Waals surface area contributed by atoms with Crippen LogP contribution in [0, 0.1) is 23.2 Å². The monoisotopic (exact) mass is 436 g/mol. The minimum atomic E-state index is -0.436. The lowest BCUT2D eigenvalue weighted by atomic mass is 9.49. The van der Waals surface area contributed by atoms with Gasteiger partial charge < -0.3 is 19.9 Å². The summed E-state index contributed by atoms with van der Waals surface area (Å²) in [5, 5.41) is 6.04. The molecule has 0 saturated heterocycles. The molecule has 0 radical (unpaired) electrons. The van der Waals surface area contributed by atoms with Crippen LogP contribution < -0.4 is 15.4 Å². The number of nitrogens with zero attached hydrogens (tertiary/aromatic N) is 2. The smallest absolute Gasteiger partial charge is 0.240 e. The molecule has 1 heterocycles. The molecule has 4 fully saturated rings. The number of methoxy groups -OCH3 is 1. The number of benzene rings is 1. The van der Waals surface area contributed by atoms with E-state index in [1.54, 1.807) is 13.3 Å². The number of imidazole rings is 1. The Morgan fingerprint density at radius 2 is 1.88 bits per heavy atom. The van der Waals surface area contributed by atoms with Gasteiger partial charge in [0.15, 0.2) is 0 Å². The van der Waals surface area contributed by atoms with Crippen LogP contribution in [0.2, 0.25) is 0 Å². The third kappa shape index (κ3) is 3.89. The molecule has 1 unspecified atom stereocenters. The van der Waals surface area contributed by atoms with Crippen molar-refractivity contribution in [3.05, 3.63) is 48.0 Å². The fourth-order valence-electron chi connectivity index (χ4n) is 6.72. The lowest BCUT2D eigenvalue weighted by Gasteiger charge is -2.55. The molecule has 2 N–H and O–H groups in total. The van der Waals surface area contributed by atoms with E-state index < -0.39 is 6.04 Å². The standard InChI is InChI=1S/C25H32N4O3/c1-29-7-6-26-23(29)22(19-4-3-5-20(11-19)32-2)28-21(30)15-27-24(31)25-12-16-8-17(13-25)10-18(9-16)14-25/h3-7,11,16-18,22H,8-10,12-15H2,1-2H3,(H,27,31)(H,28,30). The molecular weight excluding hydrogens is 404 g/mol. The summed E-state index contributed by atoms with van der Waals surface area (Å²) in [6, 6.07) is 7.16. The number of rotatable bonds is 7. The molecule has 2 aromatic rings. The summed E-state index contributed by atoms with van der Waals surface area (Å²) in [6.07, 6.45) is 10.4. The van der Waals surface area contributed by atoms with E-state index >= 15 is 0 Å². The van der Waals surface area contributed by atoms with Gasteiger partial charge in [-0.25, -0.2) is 4.98 Å². The molecule has 4 aliphatic rings. The van der Waals surface area contributed by atoms with Gasteiger partial charge in [-0.15, -0.1) is 0 Å². The first-order chi connectivity index (χ1) is 15.5. The predicted molar refractivity (Wildman–Crippen MR) is 120 cm³/mol. The first-order valence-corrected chi connectivity index (χ1v) is 11.6. The average molecular weight is 437 g/mol. The highest BCUT2D eigenvalue weighted by Crippen LogP contribution is 2.60. The zero-order valence-corrected chi connectivity index (χ0v) is 18.8. The molecule has 4 saturated carbocycles. The maximum Gasteiger partial charge on any atom is 0.240 e. The van der Waals surface area contributed by atoms with Gasteiger partial charge in [0.2, 0.25) is 11.8 Å². The second-order valence-corrected chi connectivity index (χ2v) is 10.1. The van der Waals surface area contributed by atoms with Crippen LogP contribution in [0.3, 0.4) is 0 Å². The van der Waals surface area contributed by atoms with Crippen molar-refractivity contribution in [2.24, 2.45) is 30.2 Å². The SMILES string of the molecule is COc1cccc(C(NC(=O)CNC(=O)C23CC4CC(CC(C4)C2)C3)c2nccn2C)c1. The summed E-state index contributed by atoms with van der Waals surface area (Å²) in [4.78, 5) is 30.6. The van der Waals surface area contributed by atoms with Gasteiger partial charge in [0.05, 0.1) is 13.7 Å². The largest absolute Gasteiger partial charge is 0.497 e. The first-order valence-electron chi connectivity index (χ1n) is 11.6. The average Bonchev–Trinajstić information content (AvgIpc) is 3.20. The van der Waals surface area contributed by atoms with Crippen molar-refractivity contribution in [2.75, 3.05) is 13.7 Å². The van der Waals surface area contributed by atoms with Gasteiger partial charge >= 0.3 is 0 Å². The number of aromatic nitrogens is 2. The van der Waals surface area contributed by atoms with Crippen molar-refractivity contribution >= 4 is 11.8 Å². The summed E-state index contributed by atoms with van der Waals surface area (Å²) >= 11 is 0. The quantitative estimate of drug-likeness (QED) is 0.699. The van der Waals surface area contributed by atoms with Crippen LogP contribution in [-0.4, -0.2) is 35.0 Å². The highest BCUT2D eigenvalue weighted by atomic mass is 16.5. The van der Waals surface area contributed by atoms with E-state index in [-0.39, 0.29) is 23.8 Å². The number of nitrogens with one attached hydrogen (secondary N) is 2. The zero-order valence-electron chi connectivity index (χ0n) is 18.8. The molecule has 1 atom stereocenters. The normalized spacial score (nSPS) is 28.9. The molecule has 170 valence electrons. The lowest BCUT2D eigenvalue weighted by Crippen LogP contribution is -2.54. The minimum Gasteiger partial charge on any atom is -0.497 e. The van der Waals surface area contributed by atoms with Crippen molar-refractivity contribution in [3.63, 3.8) is 0 Å². The Morgan fingerprint density at radius 1 is 1.19 bits per heavy atom. The molecule has 7 heteroatoms. The lowest BCUT2D eigenvalue weighted by molar-refractivity contribution is -0.147. The number of amides is 2. The Morgan fingerprint density at radius 3 is 2.47 bits per heavy atom. The van der Waals surface area contributed by atoms with Gasteiger partial charge in [-0.3, -0.25) is 9.59 Å². The van der Waals surface area contributed by atoms with E-state index in [1.807, 2.05) is 42.1 Å². The third-order valence-corrected chi connectivity index (χ3v) is 7.78. The number of aryl methyl sites for hydroxylation is 1. The highest BCUT2D eigenvalue weighted by Gasteiger charge is 2.54. The Hall–Kier alpha value is -2.83. The van der Waals surface area contributed by atoms with E-state index in [9.17, 15) is 9.59 Å². The first kappa shape index (κ1) is 21.0. The molecule has 6 rings (SSSR count). The molecule has 4 bridgehead atoms. The maximum absolute atomic E-state index is 13.2. The molecular formula is C25H32N4O3. The number of carbonyl (C=O) groups excluding carboxylic acids is 2. The summed E-state index contributed by atoms with van der Waals surface area (Å²) < 4.78 is 7.24. The van der Waals surface area contributed by atoms with Gasteiger partial charge in [0, 0.05) is 24.9 Å². The summed E-state index contributed by atoms with van der Waals surface area (Å²) in [5.41, 5.74) is 0.625. The fraction of sp³-hybridized carbons (Fsp3) is 0.560. The maximum atomic E-state index is 13.2. The van der Waals surface area contributed by atoms with Crippen molar-refractivity contribution in [3.8, 4) is 5.75 Å². The van der Waals surface area contributed by atoms with Gasteiger partial charge in [-0.05, 0) is 74.0 Å². The number of hydrogen-bond donors (Lipinski definition) is 2. The van der Waals surface area contributed by atoms with Crippen molar-refractivity contribution in [2.45, 2.75) is 44.6 Å². The Bertz CT molecular complexity index is 979. The van der Waals surface area contributed by atoms with E-state index in [0.717, 1.165) is 30.7 Å². The molecule has 2 amide bonds. The van der Waals surface area contributed by atoms with Crippen LogP contribution in [0.1, 0.15) is 56.0 Å². The third-order valence-electron chi connectivity index (χ3n) is 7.78. The summed E-state index contributed by atoms with van der Waals surface area (Å²) in [6.45, 7) is -0.0223. The van der Waals surface area contributed by atoms with Crippen LogP contribution in [0.4, 0.5) is 0 Å². The van der Waals surface area contributed by atoms with Gasteiger partial charge in [0.1, 0.15) is 17.6 Å². The molecule has 4 aliphatic carbocycles. The van der Waals surface area contributed by atoms with Gasteiger partial charge in [-0.1, -0.05) is 12.1 Å². The van der Waals surface area contributed by atoms with Crippen LogP contribution in [0.15, 0.2) is 36.7 Å². The van der Waals surface area contributed by atoms with Gasteiger partial charge in [-0.2, -0.15) is 0 Å². The van der Waals surface area contributed by atoms with E-state index in [1.165, 1.54) is 19.3 Å². The molecule has 1 aromatic carbocycles. The summed E-state index contributed by atoms with van der Waals surface area (Å²) in [7, 11) is 3.52. The minimum absolute atomic E-state index is 0.0223. The van der Waals surface area contributed by atoms with Crippen molar-refractivity contribution < 1.29 is 14.3 Å². The second kappa shape index (κ2) is 8.26. The Labute approximate surface area is 188 Å². The van der Waals surface area contributed by atoms with E-state index in [2.05, 4.69) is 15.6 Å². The number of ether oxygens (including phenoxy) is 1. The molecule has 32 heavy (non-hydrogen) atoms. The Balaban J connectivity index is 1.27.